The molecule has 0 bridgehead atoms. The van der Waals surface area contributed by atoms with E-state index >= 15 is 0 Å². The summed E-state index contributed by atoms with van der Waals surface area (Å²) in [6, 6.07) is 7.21. The third-order valence-electron chi connectivity index (χ3n) is 5.19. The van der Waals surface area contributed by atoms with Crippen LogP contribution in [0.2, 0.25) is 0 Å². The number of rotatable bonds is 3. The lowest BCUT2D eigenvalue weighted by molar-refractivity contribution is -0.113. The first-order chi connectivity index (χ1) is 13.1. The summed E-state index contributed by atoms with van der Waals surface area (Å²) in [7, 11) is 1.34. The average molecular weight is 387 g/mol. The van der Waals surface area contributed by atoms with E-state index in [2.05, 4.69) is 10.4 Å². The van der Waals surface area contributed by atoms with Crippen molar-refractivity contribution in [1.29, 1.82) is 0 Å². The number of aromatic nitrogens is 2. The van der Waals surface area contributed by atoms with Gasteiger partial charge in [-0.05, 0) is 30.5 Å². The Labute approximate surface area is 160 Å². The molecule has 0 radical (unpaired) electrons. The van der Waals surface area contributed by atoms with Crippen molar-refractivity contribution in [2.45, 2.75) is 37.0 Å². The van der Waals surface area contributed by atoms with E-state index in [0.29, 0.717) is 16.9 Å². The molecular formula is C19H21N3O4S. The van der Waals surface area contributed by atoms with Crippen molar-refractivity contribution in [3.8, 4) is 0 Å². The summed E-state index contributed by atoms with van der Waals surface area (Å²) in [5.41, 5.74) is 1.73. The van der Waals surface area contributed by atoms with Crippen LogP contribution >= 0.6 is 11.8 Å². The van der Waals surface area contributed by atoms with Crippen LogP contribution < -0.4 is 10.9 Å². The van der Waals surface area contributed by atoms with E-state index < -0.39 is 5.97 Å². The van der Waals surface area contributed by atoms with Crippen LogP contribution in [0, 0.1) is 0 Å². The van der Waals surface area contributed by atoms with Crippen molar-refractivity contribution in [2.24, 2.45) is 0 Å². The number of methoxy groups -OCH3 is 1. The lowest BCUT2D eigenvalue weighted by Crippen LogP contribution is -2.18. The molecule has 1 aliphatic heterocycles. The predicted octanol–water partition coefficient (Wildman–Crippen LogP) is 2.85. The maximum atomic E-state index is 12.8. The number of aromatic amines is 1. The lowest BCUT2D eigenvalue weighted by atomic mass is 10.0. The summed E-state index contributed by atoms with van der Waals surface area (Å²) in [5.74, 6) is 0.338. The van der Waals surface area contributed by atoms with Gasteiger partial charge in [0.25, 0.3) is 5.56 Å². The number of nitrogens with one attached hydrogen (secondary N) is 2. The molecule has 2 N–H and O–H groups in total. The number of fused-ring (bicyclic) bond motifs is 1. The number of nitrogens with zero attached hydrogens (tertiary/aromatic N) is 1. The molecule has 27 heavy (non-hydrogen) atoms. The molecule has 0 spiro atoms. The predicted molar refractivity (Wildman–Crippen MR) is 103 cm³/mol. The number of carbonyl (C=O) groups excluding carboxylic acids is 2. The molecule has 1 aromatic heterocycles. The topological polar surface area (TPSA) is 93.2 Å². The van der Waals surface area contributed by atoms with Crippen molar-refractivity contribution >= 4 is 29.5 Å². The maximum Gasteiger partial charge on any atom is 0.337 e. The van der Waals surface area contributed by atoms with E-state index in [1.807, 2.05) is 16.8 Å². The molecule has 2 aromatic rings. The van der Waals surface area contributed by atoms with Gasteiger partial charge >= 0.3 is 5.97 Å². The van der Waals surface area contributed by atoms with Crippen molar-refractivity contribution in [1.82, 2.24) is 9.78 Å². The van der Waals surface area contributed by atoms with Gasteiger partial charge < -0.3 is 10.1 Å². The Morgan fingerprint density at radius 2 is 1.89 bits per heavy atom. The quantitative estimate of drug-likeness (QED) is 0.790. The highest BCUT2D eigenvalue weighted by Crippen LogP contribution is 2.41. The number of H-pyrrole nitrogens is 1. The standard InChI is InChI=1S/C19H21N3O4S/c1-26-19(25)12-8-6-11(7-9-12)16-15-17(20-14(23)10-27-16)22(21-18(15)24)13-4-2-3-5-13/h6-9,13,16H,2-5,10H2,1H3,(H,20,23)(H,21,24)/t16-/m0/s1. The van der Waals surface area contributed by atoms with E-state index in [4.69, 9.17) is 4.74 Å². The molecule has 0 unspecified atom stereocenters. The Morgan fingerprint density at radius 1 is 1.19 bits per heavy atom. The van der Waals surface area contributed by atoms with Gasteiger partial charge in [-0.3, -0.25) is 19.4 Å². The Bertz CT molecular complexity index is 925. The largest absolute Gasteiger partial charge is 0.465 e. The SMILES string of the molecule is COC(=O)c1ccc([C@@H]2SCC(=O)Nc3c2c(=O)[nH]n3C2CCCC2)cc1. The van der Waals surface area contributed by atoms with Gasteiger partial charge in [0.1, 0.15) is 5.82 Å². The van der Waals surface area contributed by atoms with Crippen LogP contribution in [-0.4, -0.2) is 34.5 Å². The first kappa shape index (κ1) is 17.9. The van der Waals surface area contributed by atoms with E-state index in [1.165, 1.54) is 18.9 Å². The third-order valence-corrected chi connectivity index (χ3v) is 6.46. The number of hydrogen-bond donors (Lipinski definition) is 2. The summed E-state index contributed by atoms with van der Waals surface area (Å²) in [6.45, 7) is 0. The van der Waals surface area contributed by atoms with Gasteiger partial charge in [0.15, 0.2) is 0 Å². The van der Waals surface area contributed by atoms with Crippen molar-refractivity contribution in [3.63, 3.8) is 0 Å². The highest BCUT2D eigenvalue weighted by Gasteiger charge is 2.32. The Kier molecular flexibility index (Phi) is 4.82. The number of anilines is 1. The molecule has 2 aliphatic rings. The van der Waals surface area contributed by atoms with Crippen LogP contribution in [0.25, 0.3) is 0 Å². The molecule has 1 saturated carbocycles. The summed E-state index contributed by atoms with van der Waals surface area (Å²) >= 11 is 1.42. The number of amides is 1. The van der Waals surface area contributed by atoms with Gasteiger partial charge in [0.05, 0.1) is 35.3 Å². The zero-order chi connectivity index (χ0) is 19.0. The summed E-state index contributed by atoms with van der Waals surface area (Å²) in [6.07, 6.45) is 4.25. The van der Waals surface area contributed by atoms with Gasteiger partial charge in [-0.25, -0.2) is 4.79 Å². The second-order valence-electron chi connectivity index (χ2n) is 6.86. The zero-order valence-corrected chi connectivity index (χ0v) is 15.8. The first-order valence-electron chi connectivity index (χ1n) is 9.02. The van der Waals surface area contributed by atoms with Crippen LogP contribution in [0.5, 0.6) is 0 Å². The number of hydrogen-bond acceptors (Lipinski definition) is 5. The molecule has 142 valence electrons. The molecule has 2 heterocycles. The minimum atomic E-state index is -0.405. The minimum Gasteiger partial charge on any atom is -0.465 e. The van der Waals surface area contributed by atoms with Gasteiger partial charge in [-0.1, -0.05) is 25.0 Å². The second kappa shape index (κ2) is 7.26. The summed E-state index contributed by atoms with van der Waals surface area (Å²) in [5, 5.41) is 5.59. The lowest BCUT2D eigenvalue weighted by Gasteiger charge is -2.17. The van der Waals surface area contributed by atoms with Gasteiger partial charge in [-0.2, -0.15) is 0 Å². The Hall–Kier alpha value is -2.48. The summed E-state index contributed by atoms with van der Waals surface area (Å²) < 4.78 is 6.59. The molecule has 8 heteroatoms. The van der Waals surface area contributed by atoms with Crippen molar-refractivity contribution in [3.05, 3.63) is 51.3 Å². The third kappa shape index (κ3) is 3.29. The van der Waals surface area contributed by atoms with Gasteiger partial charge in [-0.15, -0.1) is 11.8 Å². The molecule has 1 amide bonds. The highest BCUT2D eigenvalue weighted by molar-refractivity contribution is 8.00. The molecule has 1 aliphatic carbocycles. The van der Waals surface area contributed by atoms with Gasteiger partial charge in [0, 0.05) is 0 Å². The van der Waals surface area contributed by atoms with Crippen LogP contribution in [-0.2, 0) is 9.53 Å². The van der Waals surface area contributed by atoms with Gasteiger partial charge in [0.2, 0.25) is 5.91 Å². The van der Waals surface area contributed by atoms with Crippen LogP contribution in [0.4, 0.5) is 5.82 Å². The van der Waals surface area contributed by atoms with Crippen LogP contribution in [0.1, 0.15) is 58.5 Å². The molecule has 0 saturated heterocycles. The minimum absolute atomic E-state index is 0.110. The smallest absolute Gasteiger partial charge is 0.337 e. The molecule has 7 nitrogen and oxygen atoms in total. The molecule has 1 fully saturated rings. The van der Waals surface area contributed by atoms with Crippen molar-refractivity contribution in [2.75, 3.05) is 18.2 Å². The molecule has 1 atom stereocenters. The fourth-order valence-electron chi connectivity index (χ4n) is 3.86. The van der Waals surface area contributed by atoms with E-state index in [0.717, 1.165) is 31.2 Å². The number of benzene rings is 1. The normalized spacial score (nSPS) is 20.0. The molecule has 4 rings (SSSR count). The Balaban J connectivity index is 1.76. The number of esters is 1. The average Bonchev–Trinajstić information content (AvgIpc) is 3.27. The second-order valence-corrected chi connectivity index (χ2v) is 7.96. The monoisotopic (exact) mass is 387 g/mol. The fourth-order valence-corrected chi connectivity index (χ4v) is 4.98. The zero-order valence-electron chi connectivity index (χ0n) is 15.0. The van der Waals surface area contributed by atoms with E-state index in [9.17, 15) is 14.4 Å². The number of ether oxygens (including phenoxy) is 1. The number of carbonyl (C=O) groups is 2. The van der Waals surface area contributed by atoms with E-state index in [-0.39, 0.29) is 28.5 Å². The summed E-state index contributed by atoms with van der Waals surface area (Å²) in [4.78, 5) is 36.7. The highest BCUT2D eigenvalue weighted by atomic mass is 32.2. The fraction of sp³-hybridized carbons (Fsp3) is 0.421. The molecule has 1 aromatic carbocycles. The van der Waals surface area contributed by atoms with Crippen molar-refractivity contribution < 1.29 is 14.3 Å². The van der Waals surface area contributed by atoms with Crippen LogP contribution in [0.15, 0.2) is 29.1 Å². The molecular weight excluding hydrogens is 366 g/mol. The first-order valence-corrected chi connectivity index (χ1v) is 10.1. The number of thioether (sulfide) groups is 1. The van der Waals surface area contributed by atoms with E-state index in [1.54, 1.807) is 12.1 Å². The maximum absolute atomic E-state index is 12.8. The van der Waals surface area contributed by atoms with Crippen LogP contribution in [0.3, 0.4) is 0 Å². The Morgan fingerprint density at radius 3 is 2.56 bits per heavy atom.